The summed E-state index contributed by atoms with van der Waals surface area (Å²) in [7, 11) is 0. The number of amides is 2. The molecule has 2 amide bonds. The quantitative estimate of drug-likeness (QED) is 0.685. The lowest BCUT2D eigenvalue weighted by molar-refractivity contribution is -0.133. The Hall–Kier alpha value is -2.08. The van der Waals surface area contributed by atoms with Crippen LogP contribution in [0.4, 0.5) is 0 Å². The number of rotatable bonds is 7. The first-order valence-corrected chi connectivity index (χ1v) is 11.6. The molecular weight excluding hydrogens is 380 g/mol. The normalized spacial score (nSPS) is 22.5. The number of piperazine rings is 1. The van der Waals surface area contributed by atoms with Gasteiger partial charge in [0.15, 0.2) is 0 Å². The van der Waals surface area contributed by atoms with E-state index in [0.717, 1.165) is 37.5 Å². The summed E-state index contributed by atoms with van der Waals surface area (Å²) < 4.78 is 11.3. The van der Waals surface area contributed by atoms with Gasteiger partial charge in [0, 0.05) is 44.8 Å². The van der Waals surface area contributed by atoms with Gasteiger partial charge in [0.2, 0.25) is 5.91 Å². The van der Waals surface area contributed by atoms with Crippen LogP contribution in [0.2, 0.25) is 0 Å². The van der Waals surface area contributed by atoms with E-state index in [9.17, 15) is 9.59 Å². The zero-order valence-electron chi connectivity index (χ0n) is 17.9. The molecule has 4 rings (SSSR count). The first kappa shape index (κ1) is 21.2. The molecule has 0 aromatic heterocycles. The van der Waals surface area contributed by atoms with Gasteiger partial charge in [-0.3, -0.25) is 9.59 Å². The predicted molar refractivity (Wildman–Crippen MR) is 115 cm³/mol. The summed E-state index contributed by atoms with van der Waals surface area (Å²) in [6.45, 7) is 3.86. The molecular formula is C24H34N2O4. The molecule has 6 nitrogen and oxygen atoms in total. The highest BCUT2D eigenvalue weighted by Gasteiger charge is 2.26. The summed E-state index contributed by atoms with van der Waals surface area (Å²) in [6.07, 6.45) is 9.23. The van der Waals surface area contributed by atoms with Crippen molar-refractivity contribution in [2.24, 2.45) is 5.92 Å². The number of carbonyl (C=O) groups excluding carboxylic acids is 2. The van der Waals surface area contributed by atoms with E-state index in [1.54, 1.807) is 0 Å². The van der Waals surface area contributed by atoms with Crippen LogP contribution < -0.4 is 4.74 Å². The standard InChI is InChI=1S/C24H34N2O4/c27-23(12-7-19-4-1-2-5-19)25-13-15-26(16-14-25)24(28)20-8-10-21(11-9-20)30-18-22-6-3-17-29-22/h8-11,19,22H,1-7,12-18H2/t22-/m0/s1. The molecule has 164 valence electrons. The van der Waals surface area contributed by atoms with Gasteiger partial charge in [0.1, 0.15) is 12.4 Å². The SMILES string of the molecule is O=C(CCC1CCCC1)N1CCN(C(=O)c2ccc(OC[C@@H]3CCCO3)cc2)CC1. The maximum Gasteiger partial charge on any atom is 0.253 e. The summed E-state index contributed by atoms with van der Waals surface area (Å²) in [6, 6.07) is 7.36. The van der Waals surface area contributed by atoms with Gasteiger partial charge in [-0.25, -0.2) is 0 Å². The van der Waals surface area contributed by atoms with Gasteiger partial charge in [-0.1, -0.05) is 25.7 Å². The Kier molecular flexibility index (Phi) is 7.26. The molecule has 1 aliphatic carbocycles. The number of hydrogen-bond donors (Lipinski definition) is 0. The molecule has 1 atom stereocenters. The van der Waals surface area contributed by atoms with Crippen molar-refractivity contribution in [3.63, 3.8) is 0 Å². The van der Waals surface area contributed by atoms with Crippen molar-refractivity contribution in [3.05, 3.63) is 29.8 Å². The third-order valence-electron chi connectivity index (χ3n) is 6.72. The fraction of sp³-hybridized carbons (Fsp3) is 0.667. The number of nitrogens with zero attached hydrogens (tertiary/aromatic N) is 2. The Morgan fingerprint density at radius 2 is 1.63 bits per heavy atom. The zero-order valence-corrected chi connectivity index (χ0v) is 17.9. The van der Waals surface area contributed by atoms with E-state index in [0.29, 0.717) is 44.8 Å². The van der Waals surface area contributed by atoms with Crippen LogP contribution in [0.15, 0.2) is 24.3 Å². The smallest absolute Gasteiger partial charge is 0.253 e. The maximum absolute atomic E-state index is 12.8. The molecule has 30 heavy (non-hydrogen) atoms. The molecule has 1 aromatic carbocycles. The molecule has 1 saturated carbocycles. The van der Waals surface area contributed by atoms with Crippen LogP contribution in [-0.4, -0.2) is 67.1 Å². The van der Waals surface area contributed by atoms with Crippen LogP contribution in [0.5, 0.6) is 5.75 Å². The molecule has 2 aliphatic heterocycles. The molecule has 0 bridgehead atoms. The maximum atomic E-state index is 12.8. The van der Waals surface area contributed by atoms with E-state index in [1.165, 1.54) is 25.7 Å². The molecule has 0 unspecified atom stereocenters. The molecule has 0 radical (unpaired) electrons. The summed E-state index contributed by atoms with van der Waals surface area (Å²) in [5, 5.41) is 0. The first-order chi connectivity index (χ1) is 14.7. The molecule has 3 fully saturated rings. The Labute approximate surface area is 179 Å². The molecule has 2 heterocycles. The lowest BCUT2D eigenvalue weighted by atomic mass is 10.0. The van der Waals surface area contributed by atoms with Crippen LogP contribution in [0.25, 0.3) is 0 Å². The molecule has 0 spiro atoms. The van der Waals surface area contributed by atoms with E-state index in [4.69, 9.17) is 9.47 Å². The van der Waals surface area contributed by atoms with Crippen molar-refractivity contribution in [3.8, 4) is 5.75 Å². The van der Waals surface area contributed by atoms with E-state index >= 15 is 0 Å². The average Bonchev–Trinajstić information content (AvgIpc) is 3.50. The molecule has 0 N–H and O–H groups in total. The minimum atomic E-state index is 0.0266. The second kappa shape index (κ2) is 10.3. The number of ether oxygens (including phenoxy) is 2. The van der Waals surface area contributed by atoms with Crippen molar-refractivity contribution >= 4 is 11.8 Å². The van der Waals surface area contributed by atoms with Crippen LogP contribution in [0.3, 0.4) is 0 Å². The first-order valence-electron chi connectivity index (χ1n) is 11.6. The third-order valence-corrected chi connectivity index (χ3v) is 6.72. The van der Waals surface area contributed by atoms with Gasteiger partial charge in [-0.2, -0.15) is 0 Å². The Morgan fingerprint density at radius 3 is 2.30 bits per heavy atom. The van der Waals surface area contributed by atoms with Gasteiger partial charge in [0.25, 0.3) is 5.91 Å². The van der Waals surface area contributed by atoms with Crippen LogP contribution in [0.1, 0.15) is 61.7 Å². The minimum absolute atomic E-state index is 0.0266. The van der Waals surface area contributed by atoms with E-state index in [1.807, 2.05) is 34.1 Å². The van der Waals surface area contributed by atoms with Crippen LogP contribution in [0, 0.1) is 5.92 Å². The summed E-state index contributed by atoms with van der Waals surface area (Å²) in [4.78, 5) is 29.1. The predicted octanol–water partition coefficient (Wildman–Crippen LogP) is 3.50. The second-order valence-electron chi connectivity index (χ2n) is 8.83. The van der Waals surface area contributed by atoms with E-state index < -0.39 is 0 Å². The Balaban J connectivity index is 1.20. The van der Waals surface area contributed by atoms with Gasteiger partial charge in [0.05, 0.1) is 6.10 Å². The zero-order chi connectivity index (χ0) is 20.8. The van der Waals surface area contributed by atoms with Gasteiger partial charge in [-0.15, -0.1) is 0 Å². The lowest BCUT2D eigenvalue weighted by Gasteiger charge is -2.35. The average molecular weight is 415 g/mol. The monoisotopic (exact) mass is 414 g/mol. The lowest BCUT2D eigenvalue weighted by Crippen LogP contribution is -2.50. The third kappa shape index (κ3) is 5.54. The van der Waals surface area contributed by atoms with Crippen molar-refractivity contribution in [1.29, 1.82) is 0 Å². The highest BCUT2D eigenvalue weighted by atomic mass is 16.5. The summed E-state index contributed by atoms with van der Waals surface area (Å²) >= 11 is 0. The topological polar surface area (TPSA) is 59.1 Å². The van der Waals surface area contributed by atoms with E-state index in [2.05, 4.69) is 0 Å². The van der Waals surface area contributed by atoms with Crippen molar-refractivity contribution < 1.29 is 19.1 Å². The number of benzene rings is 1. The molecule has 1 aromatic rings. The van der Waals surface area contributed by atoms with Gasteiger partial charge < -0.3 is 19.3 Å². The van der Waals surface area contributed by atoms with Crippen LogP contribution >= 0.6 is 0 Å². The fourth-order valence-corrected chi connectivity index (χ4v) is 4.78. The Bertz CT molecular complexity index is 700. The highest BCUT2D eigenvalue weighted by Crippen LogP contribution is 2.28. The number of hydrogen-bond acceptors (Lipinski definition) is 4. The second-order valence-corrected chi connectivity index (χ2v) is 8.83. The van der Waals surface area contributed by atoms with Gasteiger partial charge >= 0.3 is 0 Å². The number of carbonyl (C=O) groups is 2. The molecule has 2 saturated heterocycles. The fourth-order valence-electron chi connectivity index (χ4n) is 4.78. The van der Waals surface area contributed by atoms with E-state index in [-0.39, 0.29) is 17.9 Å². The Morgan fingerprint density at radius 1 is 0.933 bits per heavy atom. The van der Waals surface area contributed by atoms with Crippen molar-refractivity contribution in [2.75, 3.05) is 39.4 Å². The molecule has 3 aliphatic rings. The van der Waals surface area contributed by atoms with Crippen LogP contribution in [-0.2, 0) is 9.53 Å². The van der Waals surface area contributed by atoms with Crippen molar-refractivity contribution in [1.82, 2.24) is 9.80 Å². The largest absolute Gasteiger partial charge is 0.491 e. The summed E-state index contributed by atoms with van der Waals surface area (Å²) in [5.74, 6) is 1.79. The summed E-state index contributed by atoms with van der Waals surface area (Å²) in [5.41, 5.74) is 0.667. The molecule has 6 heteroatoms. The van der Waals surface area contributed by atoms with Gasteiger partial charge in [-0.05, 0) is 49.4 Å². The van der Waals surface area contributed by atoms with Crippen molar-refractivity contribution in [2.45, 2.75) is 57.5 Å². The minimum Gasteiger partial charge on any atom is -0.491 e. The highest BCUT2D eigenvalue weighted by molar-refractivity contribution is 5.94.